The fourth-order valence-corrected chi connectivity index (χ4v) is 2.47. The van der Waals surface area contributed by atoms with Crippen molar-refractivity contribution in [3.8, 4) is 11.5 Å². The van der Waals surface area contributed by atoms with Crippen LogP contribution < -0.4 is 9.47 Å². The molecule has 2 fully saturated rings. The number of hydrogen-bond acceptors (Lipinski definition) is 3. The van der Waals surface area contributed by atoms with E-state index in [1.165, 1.54) is 7.11 Å². The standard InChI is InChI=1S/C14H15ClO4/c1-18-11-7-8(14(4-5-14)13(16)17)6-10(15)12(11)19-9-2-3-9/h6-7,9H,2-5H2,1H3,(H,16,17). The van der Waals surface area contributed by atoms with E-state index in [-0.39, 0.29) is 6.10 Å². The topological polar surface area (TPSA) is 55.8 Å². The van der Waals surface area contributed by atoms with E-state index < -0.39 is 11.4 Å². The van der Waals surface area contributed by atoms with E-state index >= 15 is 0 Å². The molecule has 0 heterocycles. The second kappa shape index (κ2) is 4.30. The predicted molar refractivity (Wildman–Crippen MR) is 70.2 cm³/mol. The molecule has 19 heavy (non-hydrogen) atoms. The van der Waals surface area contributed by atoms with E-state index in [1.54, 1.807) is 12.1 Å². The Hall–Kier alpha value is -1.42. The molecule has 1 N–H and O–H groups in total. The smallest absolute Gasteiger partial charge is 0.314 e. The Kier molecular flexibility index (Phi) is 2.86. The molecule has 3 rings (SSSR count). The van der Waals surface area contributed by atoms with Gasteiger partial charge in [0.25, 0.3) is 0 Å². The Morgan fingerprint density at radius 2 is 2.11 bits per heavy atom. The summed E-state index contributed by atoms with van der Waals surface area (Å²) in [6, 6.07) is 3.44. The number of aliphatic carboxylic acids is 1. The molecule has 2 aliphatic rings. The van der Waals surface area contributed by atoms with Crippen molar-refractivity contribution in [3.05, 3.63) is 22.7 Å². The minimum Gasteiger partial charge on any atom is -0.493 e. The summed E-state index contributed by atoms with van der Waals surface area (Å²) in [5, 5.41) is 9.75. The highest BCUT2D eigenvalue weighted by Crippen LogP contribution is 2.52. The molecule has 2 saturated carbocycles. The van der Waals surface area contributed by atoms with E-state index in [1.807, 2.05) is 0 Å². The third-order valence-electron chi connectivity index (χ3n) is 3.75. The number of hydrogen-bond donors (Lipinski definition) is 1. The van der Waals surface area contributed by atoms with E-state index in [0.717, 1.165) is 12.8 Å². The zero-order valence-electron chi connectivity index (χ0n) is 10.6. The molecule has 0 spiro atoms. The molecule has 0 aromatic heterocycles. The van der Waals surface area contributed by atoms with Gasteiger partial charge < -0.3 is 14.6 Å². The second-order valence-corrected chi connectivity index (χ2v) is 5.60. The van der Waals surface area contributed by atoms with E-state index in [4.69, 9.17) is 21.1 Å². The summed E-state index contributed by atoms with van der Waals surface area (Å²) < 4.78 is 11.0. The highest BCUT2D eigenvalue weighted by atomic mass is 35.5. The molecular weight excluding hydrogens is 268 g/mol. The number of ether oxygens (including phenoxy) is 2. The third-order valence-corrected chi connectivity index (χ3v) is 4.03. The van der Waals surface area contributed by atoms with Crippen molar-refractivity contribution in [3.63, 3.8) is 0 Å². The number of methoxy groups -OCH3 is 1. The van der Waals surface area contributed by atoms with Crippen LogP contribution in [-0.2, 0) is 10.2 Å². The van der Waals surface area contributed by atoms with Crippen LogP contribution in [0.2, 0.25) is 5.02 Å². The van der Waals surface area contributed by atoms with Crippen molar-refractivity contribution in [2.24, 2.45) is 0 Å². The van der Waals surface area contributed by atoms with Gasteiger partial charge in [-0.2, -0.15) is 0 Å². The van der Waals surface area contributed by atoms with Gasteiger partial charge in [-0.1, -0.05) is 11.6 Å². The summed E-state index contributed by atoms with van der Waals surface area (Å²) in [6.07, 6.45) is 3.56. The van der Waals surface area contributed by atoms with Crippen LogP contribution in [0.5, 0.6) is 11.5 Å². The highest BCUT2D eigenvalue weighted by molar-refractivity contribution is 6.32. The Morgan fingerprint density at radius 1 is 1.42 bits per heavy atom. The normalized spacial score (nSPS) is 19.9. The van der Waals surface area contributed by atoms with Crippen LogP contribution in [0.15, 0.2) is 12.1 Å². The molecule has 1 aromatic carbocycles. The van der Waals surface area contributed by atoms with Crippen LogP contribution in [-0.4, -0.2) is 24.3 Å². The third kappa shape index (κ3) is 2.14. The summed E-state index contributed by atoms with van der Waals surface area (Å²) in [7, 11) is 1.54. The van der Waals surface area contributed by atoms with E-state index in [0.29, 0.717) is 34.9 Å². The molecule has 0 aliphatic heterocycles. The first-order valence-corrected chi connectivity index (χ1v) is 6.73. The van der Waals surface area contributed by atoms with Crippen LogP contribution in [0.4, 0.5) is 0 Å². The lowest BCUT2D eigenvalue weighted by molar-refractivity contribution is -0.140. The molecular formula is C14H15ClO4. The van der Waals surface area contributed by atoms with Crippen molar-refractivity contribution >= 4 is 17.6 Å². The summed E-state index contributed by atoms with van der Waals surface area (Å²) >= 11 is 6.23. The Bertz CT molecular complexity index is 532. The van der Waals surface area contributed by atoms with Gasteiger partial charge in [0.1, 0.15) is 0 Å². The van der Waals surface area contributed by atoms with E-state index in [2.05, 4.69) is 0 Å². The van der Waals surface area contributed by atoms with Crippen molar-refractivity contribution in [2.45, 2.75) is 37.2 Å². The van der Waals surface area contributed by atoms with Gasteiger partial charge in [-0.25, -0.2) is 0 Å². The largest absolute Gasteiger partial charge is 0.493 e. The van der Waals surface area contributed by atoms with Crippen molar-refractivity contribution in [1.29, 1.82) is 0 Å². The van der Waals surface area contributed by atoms with Crippen LogP contribution in [0.3, 0.4) is 0 Å². The molecule has 0 saturated heterocycles. The molecule has 0 bridgehead atoms. The van der Waals surface area contributed by atoms with Gasteiger partial charge in [0.15, 0.2) is 11.5 Å². The summed E-state index contributed by atoms with van der Waals surface area (Å²) in [5.74, 6) is 0.236. The molecule has 2 aliphatic carbocycles. The lowest BCUT2D eigenvalue weighted by Crippen LogP contribution is -2.19. The molecule has 102 valence electrons. The first kappa shape index (κ1) is 12.6. The van der Waals surface area contributed by atoms with Crippen LogP contribution in [0.25, 0.3) is 0 Å². The van der Waals surface area contributed by atoms with Crippen molar-refractivity contribution < 1.29 is 19.4 Å². The second-order valence-electron chi connectivity index (χ2n) is 5.19. The lowest BCUT2D eigenvalue weighted by Gasteiger charge is -2.16. The van der Waals surface area contributed by atoms with Crippen molar-refractivity contribution in [2.75, 3.05) is 7.11 Å². The van der Waals surface area contributed by atoms with Crippen LogP contribution >= 0.6 is 11.6 Å². The lowest BCUT2D eigenvalue weighted by atomic mass is 9.96. The van der Waals surface area contributed by atoms with Gasteiger partial charge in [0, 0.05) is 0 Å². The zero-order valence-corrected chi connectivity index (χ0v) is 11.4. The molecule has 4 nitrogen and oxygen atoms in total. The summed E-state index contributed by atoms with van der Waals surface area (Å²) in [5.41, 5.74) is -0.0836. The Labute approximate surface area is 116 Å². The van der Waals surface area contributed by atoms with Crippen molar-refractivity contribution in [1.82, 2.24) is 0 Å². The maximum atomic E-state index is 11.4. The summed E-state index contributed by atoms with van der Waals surface area (Å²) in [4.78, 5) is 11.4. The zero-order chi connectivity index (χ0) is 13.6. The first-order valence-electron chi connectivity index (χ1n) is 6.35. The molecule has 0 unspecified atom stereocenters. The van der Waals surface area contributed by atoms with Gasteiger partial charge in [-0.05, 0) is 43.4 Å². The SMILES string of the molecule is COc1cc(C2(C(=O)O)CC2)cc(Cl)c1OC1CC1. The van der Waals surface area contributed by atoms with Gasteiger partial charge >= 0.3 is 5.97 Å². The van der Waals surface area contributed by atoms with Crippen LogP contribution in [0.1, 0.15) is 31.2 Å². The number of rotatable bonds is 5. The highest BCUT2D eigenvalue weighted by Gasteiger charge is 2.52. The Balaban J connectivity index is 1.99. The quantitative estimate of drug-likeness (QED) is 0.902. The molecule has 1 aromatic rings. The van der Waals surface area contributed by atoms with Gasteiger partial charge in [0.2, 0.25) is 0 Å². The van der Waals surface area contributed by atoms with Gasteiger partial charge in [-0.3, -0.25) is 4.79 Å². The molecule has 0 amide bonds. The minimum atomic E-state index is -0.804. The molecule has 5 heteroatoms. The minimum absolute atomic E-state index is 0.214. The average molecular weight is 283 g/mol. The average Bonchev–Trinajstić information content (AvgIpc) is 3.25. The number of halogens is 1. The van der Waals surface area contributed by atoms with Gasteiger partial charge in [-0.15, -0.1) is 0 Å². The Morgan fingerprint density at radius 3 is 2.58 bits per heavy atom. The summed E-state index contributed by atoms with van der Waals surface area (Å²) in [6.45, 7) is 0. The fourth-order valence-electron chi connectivity index (χ4n) is 2.21. The maximum absolute atomic E-state index is 11.4. The number of carboxylic acids is 1. The maximum Gasteiger partial charge on any atom is 0.314 e. The number of carbonyl (C=O) groups is 1. The molecule has 0 atom stereocenters. The number of carboxylic acid groups (broad SMARTS) is 1. The fraction of sp³-hybridized carbons (Fsp3) is 0.500. The number of benzene rings is 1. The predicted octanol–water partition coefficient (Wildman–Crippen LogP) is 3.01. The molecule has 0 radical (unpaired) electrons. The van der Waals surface area contributed by atoms with E-state index in [9.17, 15) is 9.90 Å². The van der Waals surface area contributed by atoms with Gasteiger partial charge in [0.05, 0.1) is 23.7 Å². The monoisotopic (exact) mass is 282 g/mol. The van der Waals surface area contributed by atoms with Crippen LogP contribution in [0, 0.1) is 0 Å². The first-order chi connectivity index (χ1) is 9.06.